The molecule has 3 aromatic rings. The van der Waals surface area contributed by atoms with Crippen molar-refractivity contribution in [3.05, 3.63) is 59.5 Å². The molecule has 0 spiro atoms. The summed E-state index contributed by atoms with van der Waals surface area (Å²) in [5, 5.41) is 3.91. The van der Waals surface area contributed by atoms with E-state index in [0.29, 0.717) is 30.0 Å². The Morgan fingerprint density at radius 1 is 1.15 bits per heavy atom. The lowest BCUT2D eigenvalue weighted by Crippen LogP contribution is -2.35. The van der Waals surface area contributed by atoms with Gasteiger partial charge in [-0.2, -0.15) is 4.98 Å². The van der Waals surface area contributed by atoms with Gasteiger partial charge in [-0.05, 0) is 43.9 Å². The van der Waals surface area contributed by atoms with Gasteiger partial charge in [0.1, 0.15) is 5.75 Å². The first-order valence-electron chi connectivity index (χ1n) is 10.7. The molecular weight excluding hydrogens is 444 g/mol. The van der Waals surface area contributed by atoms with Gasteiger partial charge < -0.3 is 14.2 Å². The molecule has 2 heterocycles. The standard InChI is InChI=1S/C23H26N4O5S/c1-16-10-11-17(21-25-22(32-26-21)23(28)27-12-6-3-7-13-27)14-20(16)33(29,30)24-15-18-8-4-5-9-19(18)31-2/h4-5,8-11,14,24H,3,6-7,12-13,15H2,1-2H3. The zero-order valence-electron chi connectivity index (χ0n) is 18.6. The Kier molecular flexibility index (Phi) is 6.75. The van der Waals surface area contributed by atoms with Crippen molar-refractivity contribution in [2.24, 2.45) is 0 Å². The van der Waals surface area contributed by atoms with Gasteiger partial charge in [-0.15, -0.1) is 0 Å². The molecule has 1 amide bonds. The van der Waals surface area contributed by atoms with Crippen LogP contribution in [0.2, 0.25) is 0 Å². The van der Waals surface area contributed by atoms with Gasteiger partial charge in [0.2, 0.25) is 15.8 Å². The van der Waals surface area contributed by atoms with Crippen molar-refractivity contribution in [2.45, 2.75) is 37.6 Å². The Hall–Kier alpha value is -3.24. The van der Waals surface area contributed by atoms with Crippen molar-refractivity contribution >= 4 is 15.9 Å². The zero-order valence-corrected chi connectivity index (χ0v) is 19.4. The van der Waals surface area contributed by atoms with Crippen LogP contribution in [0.1, 0.15) is 41.1 Å². The first-order chi connectivity index (χ1) is 15.9. The Bertz CT molecular complexity index is 1250. The van der Waals surface area contributed by atoms with Crippen molar-refractivity contribution in [1.29, 1.82) is 0 Å². The van der Waals surface area contributed by atoms with E-state index in [9.17, 15) is 13.2 Å². The molecule has 0 radical (unpaired) electrons. The molecule has 0 saturated carbocycles. The second kappa shape index (κ2) is 9.72. The molecule has 0 unspecified atom stereocenters. The Morgan fingerprint density at radius 3 is 2.67 bits per heavy atom. The van der Waals surface area contributed by atoms with Crippen molar-refractivity contribution in [3.63, 3.8) is 0 Å². The number of aryl methyl sites for hydroxylation is 1. The lowest BCUT2D eigenvalue weighted by molar-refractivity contribution is 0.0674. The number of hydrogen-bond donors (Lipinski definition) is 1. The largest absolute Gasteiger partial charge is 0.496 e. The number of rotatable bonds is 7. The van der Waals surface area contributed by atoms with Crippen molar-refractivity contribution in [1.82, 2.24) is 19.8 Å². The summed E-state index contributed by atoms with van der Waals surface area (Å²) in [7, 11) is -2.30. The molecule has 0 bridgehead atoms. The first-order valence-corrected chi connectivity index (χ1v) is 12.2. The minimum atomic E-state index is -3.84. The van der Waals surface area contributed by atoms with E-state index in [4.69, 9.17) is 9.26 Å². The summed E-state index contributed by atoms with van der Waals surface area (Å²) in [5.74, 6) is 0.373. The van der Waals surface area contributed by atoms with Gasteiger partial charge in [-0.1, -0.05) is 35.5 Å². The van der Waals surface area contributed by atoms with E-state index in [-0.39, 0.29) is 29.1 Å². The van der Waals surface area contributed by atoms with Gasteiger partial charge in [0.15, 0.2) is 0 Å². The summed E-state index contributed by atoms with van der Waals surface area (Å²) in [4.78, 5) is 18.6. The third-order valence-corrected chi connectivity index (χ3v) is 7.18. The fourth-order valence-electron chi connectivity index (χ4n) is 3.79. The quantitative estimate of drug-likeness (QED) is 0.564. The van der Waals surface area contributed by atoms with Gasteiger partial charge in [0.25, 0.3) is 0 Å². The molecule has 10 heteroatoms. The van der Waals surface area contributed by atoms with Crippen LogP contribution in [-0.4, -0.2) is 49.6 Å². The SMILES string of the molecule is COc1ccccc1CNS(=O)(=O)c1cc(-c2noc(C(=O)N3CCCCC3)n2)ccc1C. The van der Waals surface area contributed by atoms with Crippen LogP contribution in [0.15, 0.2) is 51.9 Å². The summed E-state index contributed by atoms with van der Waals surface area (Å²) >= 11 is 0. The zero-order chi connectivity index (χ0) is 23.4. The predicted molar refractivity (Wildman–Crippen MR) is 121 cm³/mol. The molecule has 1 fully saturated rings. The van der Waals surface area contributed by atoms with Crippen molar-refractivity contribution < 1.29 is 22.5 Å². The molecule has 0 aliphatic carbocycles. The topological polar surface area (TPSA) is 115 Å². The molecule has 2 aromatic carbocycles. The van der Waals surface area contributed by atoms with E-state index in [1.807, 2.05) is 12.1 Å². The van der Waals surface area contributed by atoms with Crippen LogP contribution in [0.4, 0.5) is 0 Å². The summed E-state index contributed by atoms with van der Waals surface area (Å²) < 4.78 is 39.2. The number of amides is 1. The summed E-state index contributed by atoms with van der Waals surface area (Å²) in [6, 6.07) is 12.1. The van der Waals surface area contributed by atoms with Crippen LogP contribution in [0.5, 0.6) is 5.75 Å². The fraction of sp³-hybridized carbons (Fsp3) is 0.348. The molecule has 0 atom stereocenters. The molecule has 174 valence electrons. The Balaban J connectivity index is 1.55. The number of nitrogens with one attached hydrogen (secondary N) is 1. The summed E-state index contributed by atoms with van der Waals surface area (Å²) in [6.07, 6.45) is 3.01. The molecule has 1 saturated heterocycles. The lowest BCUT2D eigenvalue weighted by atomic mass is 10.1. The van der Waals surface area contributed by atoms with Crippen molar-refractivity contribution in [2.75, 3.05) is 20.2 Å². The predicted octanol–water partition coefficient (Wildman–Crippen LogP) is 3.16. The highest BCUT2D eigenvalue weighted by atomic mass is 32.2. The van der Waals surface area contributed by atoms with Crippen LogP contribution < -0.4 is 9.46 Å². The van der Waals surface area contributed by atoms with Gasteiger partial charge >= 0.3 is 11.8 Å². The highest BCUT2D eigenvalue weighted by molar-refractivity contribution is 7.89. The second-order valence-electron chi connectivity index (χ2n) is 7.89. The van der Waals surface area contributed by atoms with E-state index in [1.54, 1.807) is 36.1 Å². The molecule has 1 aromatic heterocycles. The third-order valence-electron chi connectivity index (χ3n) is 5.63. The maximum absolute atomic E-state index is 13.1. The second-order valence-corrected chi connectivity index (χ2v) is 9.63. The van der Waals surface area contributed by atoms with E-state index >= 15 is 0 Å². The third kappa shape index (κ3) is 5.07. The highest BCUT2D eigenvalue weighted by Crippen LogP contribution is 2.25. The van der Waals surface area contributed by atoms with E-state index < -0.39 is 10.0 Å². The summed E-state index contributed by atoms with van der Waals surface area (Å²) in [5.41, 5.74) is 1.73. The van der Waals surface area contributed by atoms with Gasteiger partial charge in [0.05, 0.1) is 12.0 Å². The molecule has 1 aliphatic rings. The normalized spacial score (nSPS) is 14.3. The first kappa shape index (κ1) is 22.9. The molecule has 9 nitrogen and oxygen atoms in total. The number of carbonyl (C=O) groups excluding carboxylic acids is 1. The van der Waals surface area contributed by atoms with Gasteiger partial charge in [-0.25, -0.2) is 13.1 Å². The van der Waals surface area contributed by atoms with E-state index in [0.717, 1.165) is 24.8 Å². The molecule has 1 aliphatic heterocycles. The maximum atomic E-state index is 13.1. The molecule has 33 heavy (non-hydrogen) atoms. The number of sulfonamides is 1. The summed E-state index contributed by atoms with van der Waals surface area (Å²) in [6.45, 7) is 3.12. The van der Waals surface area contributed by atoms with Crippen LogP contribution >= 0.6 is 0 Å². The smallest absolute Gasteiger partial charge is 0.316 e. The number of likely N-dealkylation sites (tertiary alicyclic amines) is 1. The van der Waals surface area contributed by atoms with Crippen LogP contribution in [-0.2, 0) is 16.6 Å². The van der Waals surface area contributed by atoms with E-state index in [1.165, 1.54) is 13.2 Å². The minimum absolute atomic E-state index is 0.0761. The van der Waals surface area contributed by atoms with E-state index in [2.05, 4.69) is 14.9 Å². The fourth-order valence-corrected chi connectivity index (χ4v) is 5.06. The Morgan fingerprint density at radius 2 is 1.91 bits per heavy atom. The number of ether oxygens (including phenoxy) is 1. The van der Waals surface area contributed by atoms with Crippen LogP contribution in [0.25, 0.3) is 11.4 Å². The van der Waals surface area contributed by atoms with Crippen LogP contribution in [0, 0.1) is 6.92 Å². The number of piperidine rings is 1. The number of benzene rings is 2. The Labute approximate surface area is 192 Å². The number of carbonyl (C=O) groups is 1. The number of nitrogens with zero attached hydrogens (tertiary/aromatic N) is 3. The highest BCUT2D eigenvalue weighted by Gasteiger charge is 2.25. The average molecular weight is 471 g/mol. The monoisotopic (exact) mass is 470 g/mol. The lowest BCUT2D eigenvalue weighted by Gasteiger charge is -2.24. The average Bonchev–Trinajstić information content (AvgIpc) is 3.33. The maximum Gasteiger partial charge on any atom is 0.316 e. The van der Waals surface area contributed by atoms with Gasteiger partial charge in [-0.3, -0.25) is 4.79 Å². The number of para-hydroxylation sites is 1. The molecular formula is C23H26N4O5S. The number of aromatic nitrogens is 2. The van der Waals surface area contributed by atoms with Gasteiger partial charge in [0, 0.05) is 30.8 Å². The number of hydrogen-bond acceptors (Lipinski definition) is 7. The van der Waals surface area contributed by atoms with Crippen molar-refractivity contribution in [3.8, 4) is 17.1 Å². The molecule has 1 N–H and O–H groups in total. The van der Waals surface area contributed by atoms with Crippen LogP contribution in [0.3, 0.4) is 0 Å². The number of methoxy groups -OCH3 is 1. The minimum Gasteiger partial charge on any atom is -0.496 e. The molecule has 4 rings (SSSR count).